The number of thiazole rings is 1. The number of alkyl halides is 3. The van der Waals surface area contributed by atoms with Crippen molar-refractivity contribution in [1.82, 2.24) is 9.97 Å². The van der Waals surface area contributed by atoms with Gasteiger partial charge < -0.3 is 0 Å². The van der Waals surface area contributed by atoms with Crippen molar-refractivity contribution >= 4 is 32.6 Å². The van der Waals surface area contributed by atoms with Gasteiger partial charge in [0.15, 0.2) is 5.13 Å². The molecule has 124 valence electrons. The van der Waals surface area contributed by atoms with Crippen molar-refractivity contribution in [3.63, 3.8) is 0 Å². The fourth-order valence-electron chi connectivity index (χ4n) is 2.18. The number of aryl methyl sites for hydroxylation is 2. The van der Waals surface area contributed by atoms with Crippen LogP contribution in [-0.2, 0) is 6.18 Å². The minimum absolute atomic E-state index is 0.0377. The lowest BCUT2D eigenvalue weighted by Gasteiger charge is -2.06. The zero-order valence-corrected chi connectivity index (χ0v) is 13.5. The van der Waals surface area contributed by atoms with Gasteiger partial charge in [0.25, 0.3) is 5.91 Å². The standard InChI is InChI=1S/C16H12F3N3OS/c1-8-3-4-9(2)13-12(8)21-15(24-13)22-14(23)10-5-6-11(20-7-10)16(17,18)19/h3-7H,1-2H3,(H,21,22,23). The highest BCUT2D eigenvalue weighted by Crippen LogP contribution is 2.31. The zero-order chi connectivity index (χ0) is 17.5. The van der Waals surface area contributed by atoms with Crippen molar-refractivity contribution in [1.29, 1.82) is 0 Å². The van der Waals surface area contributed by atoms with Gasteiger partial charge in [-0.2, -0.15) is 13.2 Å². The largest absolute Gasteiger partial charge is 0.433 e. The third kappa shape index (κ3) is 3.09. The van der Waals surface area contributed by atoms with Crippen molar-refractivity contribution in [2.45, 2.75) is 20.0 Å². The van der Waals surface area contributed by atoms with E-state index in [4.69, 9.17) is 0 Å². The van der Waals surface area contributed by atoms with Crippen molar-refractivity contribution in [2.24, 2.45) is 0 Å². The summed E-state index contributed by atoms with van der Waals surface area (Å²) in [6.07, 6.45) is -3.63. The average molecular weight is 351 g/mol. The van der Waals surface area contributed by atoms with Crippen LogP contribution in [0.1, 0.15) is 27.2 Å². The zero-order valence-electron chi connectivity index (χ0n) is 12.7. The number of aromatic nitrogens is 2. The topological polar surface area (TPSA) is 54.9 Å². The van der Waals surface area contributed by atoms with Gasteiger partial charge in [0.2, 0.25) is 0 Å². The Labute approximate surface area is 139 Å². The maximum Gasteiger partial charge on any atom is 0.433 e. The van der Waals surface area contributed by atoms with Gasteiger partial charge in [-0.15, -0.1) is 0 Å². The van der Waals surface area contributed by atoms with Gasteiger partial charge in [-0.05, 0) is 37.1 Å². The van der Waals surface area contributed by atoms with E-state index in [0.717, 1.165) is 39.7 Å². The summed E-state index contributed by atoms with van der Waals surface area (Å²) in [6.45, 7) is 3.87. The quantitative estimate of drug-likeness (QED) is 0.735. The number of amides is 1. The summed E-state index contributed by atoms with van der Waals surface area (Å²) in [5.74, 6) is -0.550. The highest BCUT2D eigenvalue weighted by Gasteiger charge is 2.32. The minimum atomic E-state index is -4.53. The molecule has 2 aromatic heterocycles. The molecular formula is C16H12F3N3OS. The summed E-state index contributed by atoms with van der Waals surface area (Å²) in [5, 5.41) is 3.00. The second kappa shape index (κ2) is 5.86. The van der Waals surface area contributed by atoms with Crippen molar-refractivity contribution in [3.05, 3.63) is 52.8 Å². The first-order chi connectivity index (χ1) is 11.3. The Kier molecular flexibility index (Phi) is 4.00. The van der Waals surface area contributed by atoms with Crippen LogP contribution in [0.4, 0.5) is 18.3 Å². The van der Waals surface area contributed by atoms with Crippen LogP contribution in [0.25, 0.3) is 10.2 Å². The summed E-state index contributed by atoms with van der Waals surface area (Å²) in [5.41, 5.74) is 1.84. The molecule has 0 fully saturated rings. The summed E-state index contributed by atoms with van der Waals surface area (Å²) in [4.78, 5) is 19.8. The number of fused-ring (bicyclic) bond motifs is 1. The van der Waals surface area contributed by atoms with E-state index >= 15 is 0 Å². The SMILES string of the molecule is Cc1ccc(C)c2sc(NC(=O)c3ccc(C(F)(F)F)nc3)nc12. The summed E-state index contributed by atoms with van der Waals surface area (Å²) >= 11 is 1.33. The van der Waals surface area contributed by atoms with Gasteiger partial charge in [-0.25, -0.2) is 4.98 Å². The lowest BCUT2D eigenvalue weighted by atomic mass is 10.1. The second-order valence-electron chi connectivity index (χ2n) is 5.28. The number of benzene rings is 1. The molecule has 0 aliphatic heterocycles. The number of anilines is 1. The normalized spacial score (nSPS) is 11.7. The molecule has 0 bridgehead atoms. The lowest BCUT2D eigenvalue weighted by molar-refractivity contribution is -0.141. The molecule has 0 atom stereocenters. The third-order valence-corrected chi connectivity index (χ3v) is 4.58. The number of carbonyl (C=O) groups excluding carboxylic acids is 1. The van der Waals surface area contributed by atoms with E-state index in [9.17, 15) is 18.0 Å². The van der Waals surface area contributed by atoms with Crippen LogP contribution in [0.2, 0.25) is 0 Å². The van der Waals surface area contributed by atoms with E-state index in [0.29, 0.717) is 5.13 Å². The Balaban J connectivity index is 1.85. The fraction of sp³-hybridized carbons (Fsp3) is 0.188. The first kappa shape index (κ1) is 16.4. The minimum Gasteiger partial charge on any atom is -0.298 e. The maximum absolute atomic E-state index is 12.5. The highest BCUT2D eigenvalue weighted by molar-refractivity contribution is 7.22. The smallest absolute Gasteiger partial charge is 0.298 e. The number of pyridine rings is 1. The molecule has 0 aliphatic rings. The molecule has 0 saturated heterocycles. The first-order valence-electron chi connectivity index (χ1n) is 6.97. The van der Waals surface area contributed by atoms with E-state index in [-0.39, 0.29) is 5.56 Å². The van der Waals surface area contributed by atoms with Crippen LogP contribution in [0, 0.1) is 13.8 Å². The predicted octanol–water partition coefficient (Wildman–Crippen LogP) is 4.58. The number of halogens is 3. The van der Waals surface area contributed by atoms with E-state index in [2.05, 4.69) is 15.3 Å². The van der Waals surface area contributed by atoms with Gasteiger partial charge in [0.05, 0.1) is 15.8 Å². The number of nitrogens with one attached hydrogen (secondary N) is 1. The molecular weight excluding hydrogens is 339 g/mol. The lowest BCUT2D eigenvalue weighted by Crippen LogP contribution is -2.14. The Morgan fingerprint density at radius 1 is 1.12 bits per heavy atom. The monoisotopic (exact) mass is 351 g/mol. The molecule has 0 aliphatic carbocycles. The first-order valence-corrected chi connectivity index (χ1v) is 7.78. The van der Waals surface area contributed by atoms with Crippen molar-refractivity contribution in [3.8, 4) is 0 Å². The Morgan fingerprint density at radius 2 is 1.83 bits per heavy atom. The Morgan fingerprint density at radius 3 is 2.42 bits per heavy atom. The van der Waals surface area contributed by atoms with Gasteiger partial charge in [0.1, 0.15) is 5.69 Å². The van der Waals surface area contributed by atoms with Crippen LogP contribution in [0.15, 0.2) is 30.5 Å². The molecule has 24 heavy (non-hydrogen) atoms. The molecule has 0 spiro atoms. The van der Waals surface area contributed by atoms with Crippen molar-refractivity contribution < 1.29 is 18.0 Å². The van der Waals surface area contributed by atoms with E-state index < -0.39 is 17.8 Å². The second-order valence-corrected chi connectivity index (χ2v) is 6.28. The number of hydrogen-bond donors (Lipinski definition) is 1. The molecule has 1 amide bonds. The third-order valence-electron chi connectivity index (χ3n) is 3.48. The molecule has 1 N–H and O–H groups in total. The molecule has 2 heterocycles. The van der Waals surface area contributed by atoms with E-state index in [1.807, 2.05) is 26.0 Å². The Hall–Kier alpha value is -2.48. The maximum atomic E-state index is 12.5. The summed E-state index contributed by atoms with van der Waals surface area (Å²) in [6, 6.07) is 5.79. The van der Waals surface area contributed by atoms with E-state index in [1.165, 1.54) is 11.3 Å². The van der Waals surface area contributed by atoms with Crippen LogP contribution < -0.4 is 5.32 Å². The molecule has 0 radical (unpaired) electrons. The average Bonchev–Trinajstić information content (AvgIpc) is 2.95. The van der Waals surface area contributed by atoms with Crippen LogP contribution in [0.5, 0.6) is 0 Å². The summed E-state index contributed by atoms with van der Waals surface area (Å²) in [7, 11) is 0. The van der Waals surface area contributed by atoms with Gasteiger partial charge in [0, 0.05) is 6.20 Å². The van der Waals surface area contributed by atoms with Crippen LogP contribution in [-0.4, -0.2) is 15.9 Å². The predicted molar refractivity (Wildman–Crippen MR) is 86.3 cm³/mol. The molecule has 8 heteroatoms. The summed E-state index contributed by atoms with van der Waals surface area (Å²) < 4.78 is 38.4. The molecule has 1 aromatic carbocycles. The van der Waals surface area contributed by atoms with Gasteiger partial charge >= 0.3 is 6.18 Å². The number of nitrogens with zero attached hydrogens (tertiary/aromatic N) is 2. The number of rotatable bonds is 2. The highest BCUT2D eigenvalue weighted by atomic mass is 32.1. The Bertz CT molecular complexity index is 878. The van der Waals surface area contributed by atoms with Gasteiger partial charge in [-0.3, -0.25) is 15.1 Å². The molecule has 0 unspecified atom stereocenters. The molecule has 0 saturated carbocycles. The number of carbonyl (C=O) groups is 1. The van der Waals surface area contributed by atoms with Crippen LogP contribution >= 0.6 is 11.3 Å². The van der Waals surface area contributed by atoms with Crippen LogP contribution in [0.3, 0.4) is 0 Å². The number of hydrogen-bond acceptors (Lipinski definition) is 4. The van der Waals surface area contributed by atoms with Crippen molar-refractivity contribution in [2.75, 3.05) is 5.32 Å². The van der Waals surface area contributed by atoms with E-state index in [1.54, 1.807) is 0 Å². The fourth-order valence-corrected chi connectivity index (χ4v) is 3.18. The molecule has 3 aromatic rings. The molecule has 4 nitrogen and oxygen atoms in total. The van der Waals surface area contributed by atoms with Gasteiger partial charge in [-0.1, -0.05) is 23.5 Å². The molecule has 3 rings (SSSR count).